The van der Waals surface area contributed by atoms with E-state index in [1.54, 1.807) is 34.1 Å². The van der Waals surface area contributed by atoms with Crippen LogP contribution >= 0.6 is 12.2 Å². The van der Waals surface area contributed by atoms with Gasteiger partial charge in [-0.15, -0.1) is 0 Å². The maximum Gasteiger partial charge on any atom is 0.248 e. The van der Waals surface area contributed by atoms with Crippen molar-refractivity contribution < 1.29 is 22.7 Å². The Hall–Kier alpha value is -2.53. The van der Waals surface area contributed by atoms with Gasteiger partial charge in [0.15, 0.2) is 0 Å². The molecule has 180 valence electrons. The fraction of sp³-hybridized carbons (Fsp3) is 0.391. The standard InChI is InChI=1S/C23H31N3O5S2/c1-15-12-20(30-5)16(2)17(3)22(15)33(28,29)25-10-11-31-14-21(27)26(4)13-18-6-8-19(9-7-18)23(24)32/h6-9,12,25H,10-11,13-14H2,1-5H3,(H2,24,32). The molecule has 0 saturated carbocycles. The van der Waals surface area contributed by atoms with Crippen LogP contribution in [0.15, 0.2) is 35.2 Å². The summed E-state index contributed by atoms with van der Waals surface area (Å²) in [7, 11) is -0.509. The van der Waals surface area contributed by atoms with Gasteiger partial charge in [-0.3, -0.25) is 4.79 Å². The lowest BCUT2D eigenvalue weighted by molar-refractivity contribution is -0.135. The van der Waals surface area contributed by atoms with E-state index in [0.29, 0.717) is 28.4 Å². The first-order valence-electron chi connectivity index (χ1n) is 10.3. The van der Waals surface area contributed by atoms with Crippen LogP contribution in [-0.4, -0.2) is 58.1 Å². The van der Waals surface area contributed by atoms with E-state index in [1.807, 2.05) is 31.2 Å². The van der Waals surface area contributed by atoms with E-state index < -0.39 is 10.0 Å². The Labute approximate surface area is 201 Å². The second-order valence-electron chi connectivity index (χ2n) is 7.74. The molecule has 0 aromatic heterocycles. The molecule has 2 rings (SSSR count). The first-order valence-corrected chi connectivity index (χ1v) is 12.2. The smallest absolute Gasteiger partial charge is 0.248 e. The number of nitrogens with zero attached hydrogens (tertiary/aromatic N) is 1. The number of carbonyl (C=O) groups excluding carboxylic acids is 1. The van der Waals surface area contributed by atoms with Gasteiger partial charge < -0.3 is 20.1 Å². The molecule has 0 unspecified atom stereocenters. The zero-order valence-corrected chi connectivity index (χ0v) is 21.2. The molecule has 0 aliphatic carbocycles. The van der Waals surface area contributed by atoms with E-state index >= 15 is 0 Å². The first kappa shape index (κ1) is 26.7. The van der Waals surface area contributed by atoms with Crippen molar-refractivity contribution in [3.8, 4) is 5.75 Å². The Kier molecular flexibility index (Phi) is 9.35. The highest BCUT2D eigenvalue weighted by Crippen LogP contribution is 2.30. The largest absolute Gasteiger partial charge is 0.496 e. The second-order valence-corrected chi connectivity index (χ2v) is 9.88. The molecule has 0 aliphatic heterocycles. The van der Waals surface area contributed by atoms with E-state index in [-0.39, 0.29) is 30.6 Å². The lowest BCUT2D eigenvalue weighted by atomic mass is 10.1. The summed E-state index contributed by atoms with van der Waals surface area (Å²) in [5.74, 6) is 0.433. The van der Waals surface area contributed by atoms with Crippen molar-refractivity contribution in [1.82, 2.24) is 9.62 Å². The van der Waals surface area contributed by atoms with Crippen LogP contribution in [0, 0.1) is 20.8 Å². The Morgan fingerprint density at radius 3 is 2.36 bits per heavy atom. The van der Waals surface area contributed by atoms with Crippen LogP contribution in [0.5, 0.6) is 5.75 Å². The number of thiocarbonyl (C=S) groups is 1. The van der Waals surface area contributed by atoms with Crippen LogP contribution in [0.1, 0.15) is 27.8 Å². The van der Waals surface area contributed by atoms with E-state index in [4.69, 9.17) is 27.4 Å². The number of likely N-dealkylation sites (N-methyl/N-ethyl adjacent to an activating group) is 1. The van der Waals surface area contributed by atoms with E-state index in [1.165, 1.54) is 4.90 Å². The normalized spacial score (nSPS) is 11.3. The van der Waals surface area contributed by atoms with Crippen molar-refractivity contribution in [3.05, 3.63) is 58.1 Å². The molecule has 0 heterocycles. The molecule has 33 heavy (non-hydrogen) atoms. The fourth-order valence-corrected chi connectivity index (χ4v) is 5.04. The minimum Gasteiger partial charge on any atom is -0.496 e. The molecule has 0 saturated heterocycles. The van der Waals surface area contributed by atoms with Crippen LogP contribution in [0.4, 0.5) is 0 Å². The van der Waals surface area contributed by atoms with Crippen molar-refractivity contribution in [3.63, 3.8) is 0 Å². The van der Waals surface area contributed by atoms with Crippen LogP contribution < -0.4 is 15.2 Å². The van der Waals surface area contributed by atoms with Crippen molar-refractivity contribution >= 4 is 33.1 Å². The highest BCUT2D eigenvalue weighted by molar-refractivity contribution is 7.89. The van der Waals surface area contributed by atoms with Crippen molar-refractivity contribution in [2.24, 2.45) is 5.73 Å². The number of sulfonamides is 1. The Bertz CT molecular complexity index is 1120. The van der Waals surface area contributed by atoms with Gasteiger partial charge in [0.05, 0.1) is 18.6 Å². The van der Waals surface area contributed by atoms with Gasteiger partial charge in [-0.25, -0.2) is 13.1 Å². The average Bonchev–Trinajstić information content (AvgIpc) is 2.75. The number of rotatable bonds is 11. The summed E-state index contributed by atoms with van der Waals surface area (Å²) in [5.41, 5.74) is 9.29. The first-order chi connectivity index (χ1) is 15.5. The number of amides is 1. The molecule has 2 aromatic carbocycles. The lowest BCUT2D eigenvalue weighted by Crippen LogP contribution is -2.32. The van der Waals surface area contributed by atoms with Gasteiger partial charge in [0.25, 0.3) is 0 Å². The summed E-state index contributed by atoms with van der Waals surface area (Å²) >= 11 is 4.93. The molecule has 0 radical (unpaired) electrons. The third-order valence-corrected chi connectivity index (χ3v) is 7.30. The molecule has 3 N–H and O–H groups in total. The highest BCUT2D eigenvalue weighted by atomic mass is 32.2. The van der Waals surface area contributed by atoms with Gasteiger partial charge in [-0.1, -0.05) is 36.5 Å². The third-order valence-electron chi connectivity index (χ3n) is 5.32. The molecule has 0 spiro atoms. The van der Waals surface area contributed by atoms with Gasteiger partial charge in [0, 0.05) is 25.7 Å². The summed E-state index contributed by atoms with van der Waals surface area (Å²) in [6.45, 7) is 5.66. The van der Waals surface area contributed by atoms with Gasteiger partial charge in [0.1, 0.15) is 17.3 Å². The molecule has 0 atom stereocenters. The topological polar surface area (TPSA) is 111 Å². The zero-order chi connectivity index (χ0) is 24.8. The van der Waals surface area contributed by atoms with Crippen LogP contribution in [0.25, 0.3) is 0 Å². The summed E-state index contributed by atoms with van der Waals surface area (Å²) in [6.07, 6.45) is 0. The number of hydrogen-bond acceptors (Lipinski definition) is 6. The maximum absolute atomic E-state index is 12.8. The minimum atomic E-state index is -3.74. The summed E-state index contributed by atoms with van der Waals surface area (Å²) in [4.78, 5) is 14.4. The number of ether oxygens (including phenoxy) is 2. The van der Waals surface area contributed by atoms with E-state index in [9.17, 15) is 13.2 Å². The zero-order valence-electron chi connectivity index (χ0n) is 19.6. The fourth-order valence-electron chi connectivity index (χ4n) is 3.37. The molecule has 8 nitrogen and oxygen atoms in total. The van der Waals surface area contributed by atoms with Gasteiger partial charge in [0.2, 0.25) is 15.9 Å². The van der Waals surface area contributed by atoms with E-state index in [2.05, 4.69) is 4.72 Å². The molecule has 0 aliphatic rings. The summed E-state index contributed by atoms with van der Waals surface area (Å²) in [6, 6.07) is 9.05. The Balaban J connectivity index is 1.84. The number of aryl methyl sites for hydroxylation is 1. The molecule has 1 amide bonds. The SMILES string of the molecule is COc1cc(C)c(S(=O)(=O)NCCOCC(=O)N(C)Cc2ccc(C(N)=S)cc2)c(C)c1C. The van der Waals surface area contributed by atoms with Crippen LogP contribution in [-0.2, 0) is 26.1 Å². The second kappa shape index (κ2) is 11.6. The minimum absolute atomic E-state index is 0.0454. The van der Waals surface area contributed by atoms with Crippen molar-refractivity contribution in [2.45, 2.75) is 32.2 Å². The maximum atomic E-state index is 12.8. The molecule has 2 aromatic rings. The number of nitrogens with one attached hydrogen (secondary N) is 1. The molecular weight excluding hydrogens is 462 g/mol. The van der Waals surface area contributed by atoms with Crippen molar-refractivity contribution in [1.29, 1.82) is 0 Å². The number of nitrogens with two attached hydrogens (primary N) is 1. The third kappa shape index (κ3) is 6.97. The van der Waals surface area contributed by atoms with Gasteiger partial charge in [-0.2, -0.15) is 0 Å². The Morgan fingerprint density at radius 1 is 1.15 bits per heavy atom. The number of methoxy groups -OCH3 is 1. The van der Waals surface area contributed by atoms with Gasteiger partial charge in [-0.05, 0) is 49.1 Å². The highest BCUT2D eigenvalue weighted by Gasteiger charge is 2.22. The average molecular weight is 494 g/mol. The number of hydrogen-bond donors (Lipinski definition) is 2. The molecule has 0 fully saturated rings. The molecule has 0 bridgehead atoms. The predicted molar refractivity (Wildman–Crippen MR) is 132 cm³/mol. The lowest BCUT2D eigenvalue weighted by Gasteiger charge is -2.18. The molecule has 10 heteroatoms. The van der Waals surface area contributed by atoms with Crippen molar-refractivity contribution in [2.75, 3.05) is 33.9 Å². The number of carbonyl (C=O) groups is 1. The van der Waals surface area contributed by atoms with E-state index in [0.717, 1.165) is 16.7 Å². The Morgan fingerprint density at radius 2 is 1.79 bits per heavy atom. The molecular formula is C23H31N3O5S2. The monoisotopic (exact) mass is 493 g/mol. The van der Waals surface area contributed by atoms with Gasteiger partial charge >= 0.3 is 0 Å². The number of benzene rings is 2. The predicted octanol–water partition coefficient (Wildman–Crippen LogP) is 2.21. The quantitative estimate of drug-likeness (QED) is 0.365. The van der Waals surface area contributed by atoms with Crippen LogP contribution in [0.2, 0.25) is 0 Å². The van der Waals surface area contributed by atoms with Crippen LogP contribution in [0.3, 0.4) is 0 Å². The summed E-state index contributed by atoms with van der Waals surface area (Å²) in [5, 5.41) is 0. The summed E-state index contributed by atoms with van der Waals surface area (Å²) < 4.78 is 38.8.